The molecule has 1 saturated carbocycles. The molecule has 2 bridgehead atoms. The molecule has 2 aliphatic rings. The van der Waals surface area contributed by atoms with Gasteiger partial charge in [0.1, 0.15) is 0 Å². The number of aliphatic hydroxyl groups excluding tert-OH is 1. The Morgan fingerprint density at radius 3 is 2.64 bits per heavy atom. The minimum Gasteiger partial charge on any atom is -0.395 e. The Morgan fingerprint density at radius 1 is 1.36 bits per heavy atom. The molecule has 0 amide bonds. The fourth-order valence-electron chi connectivity index (χ4n) is 3.02. The van der Waals surface area contributed by atoms with E-state index < -0.39 is 0 Å². The van der Waals surface area contributed by atoms with Gasteiger partial charge in [-0.1, -0.05) is 12.2 Å². The van der Waals surface area contributed by atoms with Gasteiger partial charge in [-0.05, 0) is 44.4 Å². The predicted molar refractivity (Wildman–Crippen MR) is 58.0 cm³/mol. The van der Waals surface area contributed by atoms with E-state index in [0.29, 0.717) is 6.04 Å². The van der Waals surface area contributed by atoms with Crippen LogP contribution in [0.25, 0.3) is 0 Å². The largest absolute Gasteiger partial charge is 0.395 e. The minimum absolute atomic E-state index is 0.230. The van der Waals surface area contributed by atoms with Gasteiger partial charge >= 0.3 is 0 Å². The van der Waals surface area contributed by atoms with Crippen LogP contribution in [-0.2, 0) is 0 Å². The van der Waals surface area contributed by atoms with Gasteiger partial charge in [0.2, 0.25) is 0 Å². The van der Waals surface area contributed by atoms with E-state index in [-0.39, 0.29) is 12.6 Å². The van der Waals surface area contributed by atoms with E-state index >= 15 is 0 Å². The van der Waals surface area contributed by atoms with E-state index in [0.717, 1.165) is 17.8 Å². The van der Waals surface area contributed by atoms with Crippen molar-refractivity contribution in [2.24, 2.45) is 17.8 Å². The summed E-state index contributed by atoms with van der Waals surface area (Å²) in [4.78, 5) is 0. The minimum atomic E-state index is 0.230. The lowest BCUT2D eigenvalue weighted by Gasteiger charge is -2.28. The molecule has 2 nitrogen and oxygen atoms in total. The van der Waals surface area contributed by atoms with Crippen molar-refractivity contribution in [1.82, 2.24) is 5.32 Å². The van der Waals surface area contributed by atoms with Crippen molar-refractivity contribution in [2.75, 3.05) is 6.61 Å². The highest BCUT2D eigenvalue weighted by atomic mass is 16.3. The first-order valence-corrected chi connectivity index (χ1v) is 5.76. The molecule has 0 aromatic carbocycles. The van der Waals surface area contributed by atoms with Crippen molar-refractivity contribution in [2.45, 2.75) is 38.8 Å². The summed E-state index contributed by atoms with van der Waals surface area (Å²) >= 11 is 0. The third-order valence-electron chi connectivity index (χ3n) is 3.79. The first-order valence-electron chi connectivity index (χ1n) is 5.76. The second-order valence-electron chi connectivity index (χ2n) is 4.98. The van der Waals surface area contributed by atoms with Crippen molar-refractivity contribution >= 4 is 0 Å². The highest BCUT2D eigenvalue weighted by molar-refractivity contribution is 5.11. The zero-order valence-corrected chi connectivity index (χ0v) is 9.11. The lowest BCUT2D eigenvalue weighted by Crippen LogP contribution is -2.42. The van der Waals surface area contributed by atoms with Gasteiger partial charge in [0, 0.05) is 12.1 Å². The van der Waals surface area contributed by atoms with Crippen LogP contribution in [0.1, 0.15) is 26.7 Å². The molecular weight excluding hydrogens is 174 g/mol. The van der Waals surface area contributed by atoms with E-state index in [9.17, 15) is 0 Å². The maximum Gasteiger partial charge on any atom is 0.0582 e. The summed E-state index contributed by atoms with van der Waals surface area (Å²) < 4.78 is 0. The van der Waals surface area contributed by atoms with Crippen LogP contribution in [0.5, 0.6) is 0 Å². The van der Waals surface area contributed by atoms with Crippen molar-refractivity contribution in [3.63, 3.8) is 0 Å². The van der Waals surface area contributed by atoms with Gasteiger partial charge < -0.3 is 10.4 Å². The summed E-state index contributed by atoms with van der Waals surface area (Å²) in [7, 11) is 0. The number of aliphatic hydroxyl groups is 1. The van der Waals surface area contributed by atoms with Crippen LogP contribution in [0.2, 0.25) is 0 Å². The standard InChI is InChI=1S/C12H21NO/c1-8(7-14)13-9(2)12-6-10-3-4-11(12)5-10/h3-4,8-14H,5-7H2,1-2H3. The number of rotatable bonds is 4. The van der Waals surface area contributed by atoms with Crippen LogP contribution >= 0.6 is 0 Å². The van der Waals surface area contributed by atoms with Crippen molar-refractivity contribution in [3.05, 3.63) is 12.2 Å². The van der Waals surface area contributed by atoms with E-state index in [1.807, 2.05) is 6.92 Å². The van der Waals surface area contributed by atoms with Crippen LogP contribution in [-0.4, -0.2) is 23.8 Å². The quantitative estimate of drug-likeness (QED) is 0.667. The van der Waals surface area contributed by atoms with Crippen molar-refractivity contribution in [3.8, 4) is 0 Å². The third-order valence-corrected chi connectivity index (χ3v) is 3.79. The average Bonchev–Trinajstić information content (AvgIpc) is 2.78. The van der Waals surface area contributed by atoms with Gasteiger partial charge in [0.05, 0.1) is 6.61 Å². The number of fused-ring (bicyclic) bond motifs is 2. The molecule has 0 aliphatic heterocycles. The summed E-state index contributed by atoms with van der Waals surface area (Å²) in [5.74, 6) is 2.44. The number of nitrogens with one attached hydrogen (secondary N) is 1. The summed E-state index contributed by atoms with van der Waals surface area (Å²) in [5.41, 5.74) is 0. The summed E-state index contributed by atoms with van der Waals surface area (Å²) in [6.45, 7) is 4.53. The highest BCUT2D eigenvalue weighted by Crippen LogP contribution is 2.44. The molecule has 2 heteroatoms. The number of allylic oxidation sites excluding steroid dienone is 2. The molecule has 0 spiro atoms. The molecule has 0 radical (unpaired) electrons. The third kappa shape index (κ3) is 1.86. The van der Waals surface area contributed by atoms with Crippen LogP contribution in [0.3, 0.4) is 0 Å². The predicted octanol–water partition coefficient (Wildman–Crippen LogP) is 1.56. The smallest absolute Gasteiger partial charge is 0.0582 e. The zero-order chi connectivity index (χ0) is 10.1. The molecule has 14 heavy (non-hydrogen) atoms. The average molecular weight is 195 g/mol. The molecule has 0 aromatic heterocycles. The number of hydrogen-bond donors (Lipinski definition) is 2. The highest BCUT2D eigenvalue weighted by Gasteiger charge is 2.38. The molecule has 1 fully saturated rings. The molecule has 0 saturated heterocycles. The Hall–Kier alpha value is -0.340. The topological polar surface area (TPSA) is 32.3 Å². The maximum absolute atomic E-state index is 8.98. The molecule has 5 unspecified atom stereocenters. The second kappa shape index (κ2) is 4.03. The molecule has 5 atom stereocenters. The van der Waals surface area contributed by atoms with Crippen LogP contribution < -0.4 is 5.32 Å². The Balaban J connectivity index is 1.87. The van der Waals surface area contributed by atoms with E-state index in [1.54, 1.807) is 0 Å². The molecule has 2 N–H and O–H groups in total. The molecule has 0 aromatic rings. The van der Waals surface area contributed by atoms with E-state index in [4.69, 9.17) is 5.11 Å². The van der Waals surface area contributed by atoms with Gasteiger partial charge in [0.25, 0.3) is 0 Å². The molecule has 2 rings (SSSR count). The van der Waals surface area contributed by atoms with Crippen molar-refractivity contribution < 1.29 is 5.11 Å². The zero-order valence-electron chi connectivity index (χ0n) is 9.11. The monoisotopic (exact) mass is 195 g/mol. The first kappa shape index (κ1) is 10.2. The lowest BCUT2D eigenvalue weighted by atomic mass is 9.87. The van der Waals surface area contributed by atoms with Gasteiger partial charge in [-0.15, -0.1) is 0 Å². The lowest BCUT2D eigenvalue weighted by molar-refractivity contribution is 0.220. The van der Waals surface area contributed by atoms with Crippen LogP contribution in [0, 0.1) is 17.8 Å². The van der Waals surface area contributed by atoms with Crippen molar-refractivity contribution in [1.29, 1.82) is 0 Å². The van der Waals surface area contributed by atoms with Gasteiger partial charge in [0.15, 0.2) is 0 Å². The van der Waals surface area contributed by atoms with Gasteiger partial charge in [-0.25, -0.2) is 0 Å². The van der Waals surface area contributed by atoms with Gasteiger partial charge in [-0.3, -0.25) is 0 Å². The summed E-state index contributed by atoms with van der Waals surface area (Å²) in [6, 6.07) is 0.769. The maximum atomic E-state index is 8.98. The fourth-order valence-corrected chi connectivity index (χ4v) is 3.02. The van der Waals surface area contributed by atoms with E-state index in [2.05, 4.69) is 24.4 Å². The molecule has 2 aliphatic carbocycles. The summed E-state index contributed by atoms with van der Waals surface area (Å²) in [5, 5.41) is 12.5. The molecule has 80 valence electrons. The normalized spacial score (nSPS) is 38.9. The Kier molecular flexibility index (Phi) is 2.93. The van der Waals surface area contributed by atoms with E-state index in [1.165, 1.54) is 12.8 Å². The van der Waals surface area contributed by atoms with Crippen LogP contribution in [0.15, 0.2) is 12.2 Å². The Labute approximate surface area is 86.4 Å². The molecular formula is C12H21NO. The SMILES string of the molecule is CC(CO)NC(C)C1CC2C=CC1C2. The first-order chi connectivity index (χ1) is 6.70. The number of hydrogen-bond acceptors (Lipinski definition) is 2. The Bertz CT molecular complexity index is 226. The van der Waals surface area contributed by atoms with Gasteiger partial charge in [-0.2, -0.15) is 0 Å². The Morgan fingerprint density at radius 2 is 2.14 bits per heavy atom. The second-order valence-corrected chi connectivity index (χ2v) is 4.98. The summed E-state index contributed by atoms with van der Waals surface area (Å²) in [6.07, 6.45) is 7.47. The molecule has 0 heterocycles. The fraction of sp³-hybridized carbons (Fsp3) is 0.833. The van der Waals surface area contributed by atoms with Crippen LogP contribution in [0.4, 0.5) is 0 Å².